The molecule has 100 valence electrons. The Labute approximate surface area is 126 Å². The van der Waals surface area contributed by atoms with Gasteiger partial charge < -0.3 is 4.98 Å². The third-order valence-corrected chi connectivity index (χ3v) is 5.85. The Morgan fingerprint density at radius 1 is 1.50 bits per heavy atom. The van der Waals surface area contributed by atoms with Crippen molar-refractivity contribution in [2.45, 2.75) is 44.8 Å². The maximum atomic E-state index is 5.36. The zero-order valence-corrected chi connectivity index (χ0v) is 14.1. The molecule has 0 saturated carbocycles. The summed E-state index contributed by atoms with van der Waals surface area (Å²) in [6, 6.07) is 0. The number of nitrogens with one attached hydrogen (secondary N) is 1. The summed E-state index contributed by atoms with van der Waals surface area (Å²) in [7, 11) is 0. The van der Waals surface area contributed by atoms with E-state index in [9.17, 15) is 0 Å². The molecule has 0 bridgehead atoms. The van der Waals surface area contributed by atoms with Gasteiger partial charge in [-0.15, -0.1) is 0 Å². The highest BCUT2D eigenvalue weighted by atomic mass is 79.9. The minimum absolute atomic E-state index is 0.500. The Morgan fingerprint density at radius 2 is 2.28 bits per heavy atom. The summed E-state index contributed by atoms with van der Waals surface area (Å²) >= 11 is 10.9. The second-order valence-electron chi connectivity index (χ2n) is 5.17. The summed E-state index contributed by atoms with van der Waals surface area (Å²) in [5.74, 6) is 2.92. The minimum Gasteiger partial charge on any atom is -0.345 e. The predicted octanol–water partition coefficient (Wildman–Crippen LogP) is 5.06. The molecule has 0 aliphatic carbocycles. The fourth-order valence-corrected chi connectivity index (χ4v) is 4.01. The minimum atomic E-state index is 0.500. The monoisotopic (exact) mass is 346 g/mol. The van der Waals surface area contributed by atoms with Crippen LogP contribution >= 0.6 is 39.9 Å². The van der Waals surface area contributed by atoms with Gasteiger partial charge in [-0.1, -0.05) is 32.5 Å². The normalized spacial score (nSPS) is 20.3. The molecule has 2 heterocycles. The van der Waals surface area contributed by atoms with Gasteiger partial charge in [-0.3, -0.25) is 0 Å². The maximum Gasteiger partial charge on any atom is 0.144 e. The summed E-state index contributed by atoms with van der Waals surface area (Å²) in [6.07, 6.45) is 4.86. The van der Waals surface area contributed by atoms with Crippen molar-refractivity contribution in [2.75, 3.05) is 5.75 Å². The highest BCUT2D eigenvalue weighted by molar-refractivity contribution is 9.10. The Balaban J connectivity index is 2.30. The lowest BCUT2D eigenvalue weighted by Crippen LogP contribution is -2.10. The largest absolute Gasteiger partial charge is 0.345 e. The molecule has 1 aliphatic rings. The molecule has 0 radical (unpaired) electrons. The molecule has 1 aromatic heterocycles. The Hall–Kier alpha value is 0.130. The standard InChI is InChI=1S/C13H19BrN2S2/c1-8(2)7-9-11(14)13(17)16-12(15-9)10-5-3-4-6-18-10/h8,10H,3-7H2,1-2H3,(H,15,16,17). The Bertz CT molecular complexity index is 465. The molecule has 0 spiro atoms. The fourth-order valence-electron chi connectivity index (χ4n) is 2.18. The van der Waals surface area contributed by atoms with E-state index >= 15 is 0 Å². The second-order valence-corrected chi connectivity index (χ2v) is 7.66. The molecule has 1 aliphatic heterocycles. The van der Waals surface area contributed by atoms with Crippen LogP contribution in [0.2, 0.25) is 0 Å². The summed E-state index contributed by atoms with van der Waals surface area (Å²) in [5.41, 5.74) is 1.20. The van der Waals surface area contributed by atoms with Gasteiger partial charge in [-0.05, 0) is 46.9 Å². The van der Waals surface area contributed by atoms with E-state index in [1.165, 1.54) is 30.7 Å². The summed E-state index contributed by atoms with van der Waals surface area (Å²) < 4.78 is 1.67. The summed E-state index contributed by atoms with van der Waals surface area (Å²) in [5, 5.41) is 0.500. The lowest BCUT2D eigenvalue weighted by molar-refractivity contribution is 0.616. The lowest BCUT2D eigenvalue weighted by atomic mass is 10.1. The van der Waals surface area contributed by atoms with E-state index in [0.717, 1.165) is 16.7 Å². The number of aromatic nitrogens is 2. The van der Waals surface area contributed by atoms with E-state index < -0.39 is 0 Å². The van der Waals surface area contributed by atoms with Crippen molar-refractivity contribution >= 4 is 39.9 Å². The molecular weight excluding hydrogens is 328 g/mol. The van der Waals surface area contributed by atoms with Gasteiger partial charge in [0, 0.05) is 5.69 Å². The number of thioether (sulfide) groups is 1. The molecule has 0 amide bonds. The number of hydrogen-bond acceptors (Lipinski definition) is 3. The molecular formula is C13H19BrN2S2. The van der Waals surface area contributed by atoms with Crippen LogP contribution < -0.4 is 0 Å². The summed E-state index contributed by atoms with van der Waals surface area (Å²) in [6.45, 7) is 4.44. The first-order chi connectivity index (χ1) is 8.58. The van der Waals surface area contributed by atoms with Crippen molar-refractivity contribution in [1.29, 1.82) is 0 Å². The SMILES string of the molecule is CC(C)Cc1[nH]c(C2CCCCS2)nc(=S)c1Br. The van der Waals surface area contributed by atoms with Crippen LogP contribution in [0.5, 0.6) is 0 Å². The van der Waals surface area contributed by atoms with Crippen molar-refractivity contribution < 1.29 is 0 Å². The van der Waals surface area contributed by atoms with Gasteiger partial charge in [0.2, 0.25) is 0 Å². The average Bonchev–Trinajstić information content (AvgIpc) is 2.35. The van der Waals surface area contributed by atoms with Gasteiger partial charge in [0.25, 0.3) is 0 Å². The molecule has 1 fully saturated rings. The zero-order chi connectivity index (χ0) is 13.1. The number of rotatable bonds is 3. The van der Waals surface area contributed by atoms with Gasteiger partial charge in [0.15, 0.2) is 0 Å². The molecule has 1 N–H and O–H groups in total. The molecule has 5 heteroatoms. The third-order valence-electron chi connectivity index (χ3n) is 3.05. The first kappa shape index (κ1) is 14.5. The molecule has 2 rings (SSSR count). The van der Waals surface area contributed by atoms with E-state index in [2.05, 4.69) is 39.7 Å². The number of H-pyrrole nitrogens is 1. The molecule has 1 atom stereocenters. The van der Waals surface area contributed by atoms with E-state index in [0.29, 0.717) is 15.8 Å². The summed E-state index contributed by atoms with van der Waals surface area (Å²) in [4.78, 5) is 8.06. The van der Waals surface area contributed by atoms with Gasteiger partial charge in [-0.2, -0.15) is 11.8 Å². The van der Waals surface area contributed by atoms with E-state index in [1.54, 1.807) is 0 Å². The third kappa shape index (κ3) is 3.58. The molecule has 0 aromatic carbocycles. The second kappa shape index (κ2) is 6.53. The lowest BCUT2D eigenvalue weighted by Gasteiger charge is -2.21. The average molecular weight is 347 g/mol. The predicted molar refractivity (Wildman–Crippen MR) is 84.7 cm³/mol. The van der Waals surface area contributed by atoms with Crippen molar-refractivity contribution in [3.05, 3.63) is 20.6 Å². The molecule has 1 saturated heterocycles. The van der Waals surface area contributed by atoms with Crippen molar-refractivity contribution in [1.82, 2.24) is 9.97 Å². The first-order valence-corrected chi connectivity index (χ1v) is 8.73. The van der Waals surface area contributed by atoms with Gasteiger partial charge >= 0.3 is 0 Å². The van der Waals surface area contributed by atoms with E-state index in [4.69, 9.17) is 12.2 Å². The molecule has 1 aromatic rings. The van der Waals surface area contributed by atoms with E-state index in [1.807, 2.05) is 11.8 Å². The van der Waals surface area contributed by atoms with Crippen LogP contribution in [-0.2, 0) is 6.42 Å². The first-order valence-electron chi connectivity index (χ1n) is 6.48. The number of nitrogens with zero attached hydrogens (tertiary/aromatic N) is 1. The Morgan fingerprint density at radius 3 is 2.89 bits per heavy atom. The smallest absolute Gasteiger partial charge is 0.144 e. The van der Waals surface area contributed by atoms with Crippen LogP contribution in [0.1, 0.15) is 49.9 Å². The highest BCUT2D eigenvalue weighted by Crippen LogP contribution is 2.37. The Kier molecular flexibility index (Phi) is 5.27. The van der Waals surface area contributed by atoms with Crippen LogP contribution in [-0.4, -0.2) is 15.7 Å². The number of halogens is 1. The van der Waals surface area contributed by atoms with Crippen LogP contribution in [0.4, 0.5) is 0 Å². The molecule has 2 nitrogen and oxygen atoms in total. The quantitative estimate of drug-likeness (QED) is 0.775. The number of aromatic amines is 1. The van der Waals surface area contributed by atoms with Crippen molar-refractivity contribution in [2.24, 2.45) is 5.92 Å². The highest BCUT2D eigenvalue weighted by Gasteiger charge is 2.19. The van der Waals surface area contributed by atoms with Gasteiger partial charge in [-0.25, -0.2) is 4.98 Å². The van der Waals surface area contributed by atoms with Crippen LogP contribution in [0.25, 0.3) is 0 Å². The van der Waals surface area contributed by atoms with Crippen molar-refractivity contribution in [3.63, 3.8) is 0 Å². The van der Waals surface area contributed by atoms with E-state index in [-0.39, 0.29) is 0 Å². The maximum absolute atomic E-state index is 5.36. The van der Waals surface area contributed by atoms with Crippen molar-refractivity contribution in [3.8, 4) is 0 Å². The fraction of sp³-hybridized carbons (Fsp3) is 0.692. The molecule has 1 unspecified atom stereocenters. The molecule has 18 heavy (non-hydrogen) atoms. The topological polar surface area (TPSA) is 28.7 Å². The van der Waals surface area contributed by atoms with Crippen LogP contribution in [0.3, 0.4) is 0 Å². The van der Waals surface area contributed by atoms with Crippen LogP contribution in [0.15, 0.2) is 4.47 Å². The van der Waals surface area contributed by atoms with Gasteiger partial charge in [0.1, 0.15) is 10.5 Å². The van der Waals surface area contributed by atoms with Crippen LogP contribution in [0, 0.1) is 10.6 Å². The van der Waals surface area contributed by atoms with Gasteiger partial charge in [0.05, 0.1) is 9.72 Å². The zero-order valence-electron chi connectivity index (χ0n) is 10.8. The number of hydrogen-bond donors (Lipinski definition) is 1.